The zero-order valence-electron chi connectivity index (χ0n) is 18.9. The summed E-state index contributed by atoms with van der Waals surface area (Å²) in [6, 6.07) is 3.47. The summed E-state index contributed by atoms with van der Waals surface area (Å²) in [6.45, 7) is 8.58. The molecule has 0 bridgehead atoms. The normalized spacial score (nSPS) is 17.1. The number of guanidine groups is 1. The molecule has 0 fully saturated rings. The summed E-state index contributed by atoms with van der Waals surface area (Å²) in [5.74, 6) is -1.52. The van der Waals surface area contributed by atoms with Crippen molar-refractivity contribution in [2.45, 2.75) is 19.1 Å². The van der Waals surface area contributed by atoms with Crippen LogP contribution in [-0.4, -0.2) is 36.0 Å². The number of benzene rings is 1. The van der Waals surface area contributed by atoms with Crippen LogP contribution in [0.3, 0.4) is 0 Å². The van der Waals surface area contributed by atoms with Gasteiger partial charge in [-0.1, -0.05) is 37.5 Å². The van der Waals surface area contributed by atoms with Crippen LogP contribution in [0.25, 0.3) is 0 Å². The van der Waals surface area contributed by atoms with Crippen molar-refractivity contribution in [3.63, 3.8) is 0 Å². The van der Waals surface area contributed by atoms with Crippen molar-refractivity contribution < 1.29 is 27.5 Å². The van der Waals surface area contributed by atoms with Crippen molar-refractivity contribution in [3.8, 4) is 6.07 Å². The summed E-state index contributed by atoms with van der Waals surface area (Å²) < 4.78 is 44.8. The van der Waals surface area contributed by atoms with E-state index in [-0.39, 0.29) is 28.1 Å². The number of esters is 1. The average molecular weight is 485 g/mol. The van der Waals surface area contributed by atoms with Crippen LogP contribution in [0.5, 0.6) is 0 Å². The highest BCUT2D eigenvalue weighted by atomic mass is 19.4. The van der Waals surface area contributed by atoms with Crippen molar-refractivity contribution in [2.24, 2.45) is 5.73 Å². The summed E-state index contributed by atoms with van der Waals surface area (Å²) in [5, 5.41) is 17.8. The van der Waals surface area contributed by atoms with E-state index in [2.05, 4.69) is 13.2 Å². The highest BCUT2D eigenvalue weighted by Crippen LogP contribution is 2.37. The number of primary amides is 1. The molecule has 1 atom stereocenters. The summed E-state index contributed by atoms with van der Waals surface area (Å²) in [6.07, 6.45) is 0.646. The van der Waals surface area contributed by atoms with Gasteiger partial charge in [-0.15, -0.1) is 0 Å². The number of alkyl halides is 3. The SMILES string of the molecule is C=C/C(C#N)=C\C=C(/C=C)C1C(C(=O)OC)=C(C)N(c2cccc(C(F)(F)F)c2)C(=N)N1C(N)=O. The number of hydrogen-bond donors (Lipinski definition) is 2. The molecule has 0 aromatic heterocycles. The number of allylic oxidation sites excluding steroid dienone is 5. The predicted molar refractivity (Wildman–Crippen MR) is 124 cm³/mol. The van der Waals surface area contributed by atoms with Gasteiger partial charge in [0.15, 0.2) is 0 Å². The van der Waals surface area contributed by atoms with E-state index in [1.54, 1.807) is 0 Å². The van der Waals surface area contributed by atoms with E-state index < -0.39 is 35.7 Å². The number of amides is 2. The highest BCUT2D eigenvalue weighted by molar-refractivity contribution is 6.10. The van der Waals surface area contributed by atoms with Crippen molar-refractivity contribution in [1.29, 1.82) is 10.7 Å². The third-order valence-corrected chi connectivity index (χ3v) is 5.13. The van der Waals surface area contributed by atoms with Gasteiger partial charge in [0, 0.05) is 11.4 Å². The molecule has 0 saturated carbocycles. The van der Waals surface area contributed by atoms with Gasteiger partial charge in [-0.25, -0.2) is 9.59 Å². The number of nitriles is 1. The second-order valence-corrected chi connectivity index (χ2v) is 7.12. The fraction of sp³-hybridized carbons (Fsp3) is 0.167. The number of halogens is 3. The Labute approximate surface area is 199 Å². The lowest BCUT2D eigenvalue weighted by Crippen LogP contribution is -2.59. The van der Waals surface area contributed by atoms with E-state index in [0.29, 0.717) is 0 Å². The molecule has 0 radical (unpaired) electrons. The van der Waals surface area contributed by atoms with Gasteiger partial charge in [-0.3, -0.25) is 15.2 Å². The smallest absolute Gasteiger partial charge is 0.416 e. The Bertz CT molecular complexity index is 1220. The van der Waals surface area contributed by atoms with Gasteiger partial charge in [0.25, 0.3) is 0 Å². The monoisotopic (exact) mass is 485 g/mol. The third-order valence-electron chi connectivity index (χ3n) is 5.13. The molecule has 3 N–H and O–H groups in total. The lowest BCUT2D eigenvalue weighted by molar-refractivity contribution is -0.138. The molecule has 1 aromatic rings. The quantitative estimate of drug-likeness (QED) is 0.351. The maximum Gasteiger partial charge on any atom is 0.416 e. The fourth-order valence-corrected chi connectivity index (χ4v) is 3.50. The van der Waals surface area contributed by atoms with E-state index in [9.17, 15) is 22.8 Å². The van der Waals surface area contributed by atoms with E-state index in [1.165, 1.54) is 37.3 Å². The van der Waals surface area contributed by atoms with Gasteiger partial charge in [-0.2, -0.15) is 18.4 Å². The number of ether oxygens (including phenoxy) is 1. The maximum atomic E-state index is 13.3. The summed E-state index contributed by atoms with van der Waals surface area (Å²) in [7, 11) is 1.09. The Balaban J connectivity index is 2.88. The number of rotatable bonds is 6. The minimum Gasteiger partial charge on any atom is -0.466 e. The topological polar surface area (TPSA) is 124 Å². The number of carbonyl (C=O) groups excluding carboxylic acids is 2. The van der Waals surface area contributed by atoms with Crippen LogP contribution in [0, 0.1) is 16.7 Å². The zero-order valence-corrected chi connectivity index (χ0v) is 18.9. The molecule has 1 heterocycles. The number of methoxy groups -OCH3 is 1. The summed E-state index contributed by atoms with van der Waals surface area (Å²) in [4.78, 5) is 27.1. The van der Waals surface area contributed by atoms with Crippen LogP contribution in [0.15, 0.2) is 84.1 Å². The molecular weight excluding hydrogens is 463 g/mol. The first-order valence-corrected chi connectivity index (χ1v) is 9.93. The molecule has 8 nitrogen and oxygen atoms in total. The van der Waals surface area contributed by atoms with Crippen LogP contribution in [0.1, 0.15) is 12.5 Å². The molecule has 1 aliphatic rings. The fourth-order valence-electron chi connectivity index (χ4n) is 3.50. The van der Waals surface area contributed by atoms with E-state index >= 15 is 0 Å². The largest absolute Gasteiger partial charge is 0.466 e. The molecule has 2 amide bonds. The first kappa shape index (κ1) is 26.7. The minimum absolute atomic E-state index is 0.0321. The van der Waals surface area contributed by atoms with Crippen LogP contribution < -0.4 is 10.6 Å². The zero-order chi connectivity index (χ0) is 26.5. The van der Waals surface area contributed by atoms with E-state index in [1.807, 2.05) is 6.07 Å². The Morgan fingerprint density at radius 1 is 1.26 bits per heavy atom. The number of anilines is 1. The molecule has 0 spiro atoms. The highest BCUT2D eigenvalue weighted by Gasteiger charge is 2.44. The lowest BCUT2D eigenvalue weighted by Gasteiger charge is -2.43. The first-order chi connectivity index (χ1) is 16.4. The van der Waals surface area contributed by atoms with Crippen molar-refractivity contribution in [1.82, 2.24) is 4.90 Å². The van der Waals surface area contributed by atoms with Gasteiger partial charge in [0.1, 0.15) is 6.04 Å². The van der Waals surface area contributed by atoms with Crippen molar-refractivity contribution >= 4 is 23.6 Å². The van der Waals surface area contributed by atoms with Gasteiger partial charge >= 0.3 is 18.2 Å². The first-order valence-electron chi connectivity index (χ1n) is 9.93. The average Bonchev–Trinajstić information content (AvgIpc) is 2.80. The Kier molecular flexibility index (Phi) is 8.04. The van der Waals surface area contributed by atoms with Crippen molar-refractivity contribution in [2.75, 3.05) is 12.0 Å². The standard InChI is InChI=1S/C24H22F3N5O3/c1-5-15(13-28)10-11-16(6-2)20-19(21(33)35-4)14(3)31(22(29)32(20)23(30)34)18-9-7-8-17(12-18)24(25,26)27/h5-12,20,29H,1-2H2,3-4H3,(H2,30,34)/b15-10+,16-11+,29-22?. The molecule has 1 unspecified atom stereocenters. The molecule has 11 heteroatoms. The molecule has 35 heavy (non-hydrogen) atoms. The maximum absolute atomic E-state index is 13.3. The van der Waals surface area contributed by atoms with Crippen molar-refractivity contribution in [3.05, 3.63) is 89.7 Å². The number of urea groups is 1. The Hall–Kier alpha value is -4.59. The van der Waals surface area contributed by atoms with E-state index in [0.717, 1.165) is 35.1 Å². The van der Waals surface area contributed by atoms with Crippen LogP contribution in [-0.2, 0) is 15.7 Å². The number of carbonyl (C=O) groups is 2. The number of nitrogens with one attached hydrogen (secondary N) is 1. The number of nitrogens with two attached hydrogens (primary N) is 1. The Morgan fingerprint density at radius 2 is 1.91 bits per heavy atom. The molecule has 0 aliphatic carbocycles. The Morgan fingerprint density at radius 3 is 2.40 bits per heavy atom. The summed E-state index contributed by atoms with van der Waals surface area (Å²) in [5.41, 5.74) is 4.64. The van der Waals surface area contributed by atoms with E-state index in [4.69, 9.17) is 21.1 Å². The van der Waals surface area contributed by atoms with Gasteiger partial charge in [-0.05, 0) is 36.8 Å². The molecular formula is C24H22F3N5O3. The lowest BCUT2D eigenvalue weighted by atomic mass is 9.92. The molecule has 182 valence electrons. The van der Waals surface area contributed by atoms with Gasteiger partial charge in [0.2, 0.25) is 5.96 Å². The summed E-state index contributed by atoms with van der Waals surface area (Å²) >= 11 is 0. The molecule has 0 saturated heterocycles. The molecule has 2 rings (SSSR count). The van der Waals surface area contributed by atoms with Crippen LogP contribution in [0.2, 0.25) is 0 Å². The van der Waals surface area contributed by atoms with Gasteiger partial charge < -0.3 is 10.5 Å². The van der Waals surface area contributed by atoms with Crippen LogP contribution in [0.4, 0.5) is 23.7 Å². The second kappa shape index (κ2) is 10.6. The molecule has 1 aliphatic heterocycles. The molecule has 1 aromatic carbocycles. The minimum atomic E-state index is -4.67. The van der Waals surface area contributed by atoms with Crippen LogP contribution >= 0.6 is 0 Å². The number of nitrogens with zero attached hydrogens (tertiary/aromatic N) is 3. The number of hydrogen-bond acceptors (Lipinski definition) is 5. The third kappa shape index (κ3) is 5.33. The van der Waals surface area contributed by atoms with Gasteiger partial charge in [0.05, 0.1) is 29.9 Å². The predicted octanol–water partition coefficient (Wildman–Crippen LogP) is 4.40. The second-order valence-electron chi connectivity index (χ2n) is 7.12.